The third-order valence-corrected chi connectivity index (χ3v) is 2.48. The van der Waals surface area contributed by atoms with E-state index in [1.54, 1.807) is 0 Å². The molecule has 0 saturated carbocycles. The highest BCUT2D eigenvalue weighted by Gasteiger charge is 2.20. The molecule has 0 spiro atoms. The number of rotatable bonds is 8. The van der Waals surface area contributed by atoms with E-state index in [1.807, 2.05) is 6.08 Å². The highest BCUT2D eigenvalue weighted by molar-refractivity contribution is 4.80. The van der Waals surface area contributed by atoms with E-state index in [0.29, 0.717) is 11.5 Å². The molecular weight excluding hydrogens is 184 g/mol. The van der Waals surface area contributed by atoms with Crippen molar-refractivity contribution < 1.29 is 0 Å². The lowest BCUT2D eigenvalue weighted by atomic mass is 9.92. The summed E-state index contributed by atoms with van der Waals surface area (Å²) in [6, 6.07) is 0.568. The van der Waals surface area contributed by atoms with Gasteiger partial charge in [-0.2, -0.15) is 0 Å². The summed E-state index contributed by atoms with van der Waals surface area (Å²) in [6.07, 6.45) is 1.98. The van der Waals surface area contributed by atoms with E-state index >= 15 is 0 Å². The molecule has 2 nitrogen and oxygen atoms in total. The molecule has 0 rings (SSSR count). The van der Waals surface area contributed by atoms with Gasteiger partial charge >= 0.3 is 0 Å². The summed E-state index contributed by atoms with van der Waals surface area (Å²) in [5, 5.41) is 3.50. The minimum absolute atomic E-state index is 0.323. The van der Waals surface area contributed by atoms with E-state index in [9.17, 15) is 0 Å². The summed E-state index contributed by atoms with van der Waals surface area (Å²) in [6.45, 7) is 19.3. The summed E-state index contributed by atoms with van der Waals surface area (Å²) in [7, 11) is 0. The summed E-state index contributed by atoms with van der Waals surface area (Å²) in [4.78, 5) is 2.43. The Kier molecular flexibility index (Phi) is 6.86. The lowest BCUT2D eigenvalue weighted by Gasteiger charge is -2.32. The second kappa shape index (κ2) is 7.02. The molecule has 0 aliphatic carbocycles. The minimum Gasteiger partial charge on any atom is -0.314 e. The van der Waals surface area contributed by atoms with Crippen LogP contribution < -0.4 is 5.32 Å². The van der Waals surface area contributed by atoms with Crippen molar-refractivity contribution in [3.05, 3.63) is 12.7 Å². The van der Waals surface area contributed by atoms with Crippen molar-refractivity contribution in [2.45, 2.75) is 40.7 Å². The predicted molar refractivity (Wildman–Crippen MR) is 69.2 cm³/mol. The molecule has 0 fully saturated rings. The predicted octanol–water partition coefficient (Wildman–Crippen LogP) is 2.52. The van der Waals surface area contributed by atoms with Gasteiger partial charge in [-0.15, -0.1) is 6.58 Å². The SMILES string of the molecule is C=CCN(CC)CC(C)(C)CNC(C)C. The Morgan fingerprint density at radius 3 is 2.40 bits per heavy atom. The lowest BCUT2D eigenvalue weighted by molar-refractivity contribution is 0.192. The van der Waals surface area contributed by atoms with Gasteiger partial charge in [0.1, 0.15) is 0 Å². The van der Waals surface area contributed by atoms with Crippen LogP contribution in [0.5, 0.6) is 0 Å². The Bertz CT molecular complexity index is 173. The van der Waals surface area contributed by atoms with Crippen LogP contribution in [0.3, 0.4) is 0 Å². The van der Waals surface area contributed by atoms with Crippen LogP contribution >= 0.6 is 0 Å². The minimum atomic E-state index is 0.323. The van der Waals surface area contributed by atoms with E-state index < -0.39 is 0 Å². The van der Waals surface area contributed by atoms with Gasteiger partial charge in [-0.1, -0.05) is 40.7 Å². The molecule has 0 unspecified atom stereocenters. The molecule has 0 atom stereocenters. The first-order chi connectivity index (χ1) is 6.91. The smallest absolute Gasteiger partial charge is 0.0160 e. The molecular formula is C13H28N2. The first-order valence-corrected chi connectivity index (χ1v) is 5.98. The Morgan fingerprint density at radius 1 is 1.40 bits per heavy atom. The average molecular weight is 212 g/mol. The average Bonchev–Trinajstić information content (AvgIpc) is 2.14. The van der Waals surface area contributed by atoms with E-state index in [4.69, 9.17) is 0 Å². The van der Waals surface area contributed by atoms with E-state index in [2.05, 4.69) is 51.4 Å². The molecule has 2 heteroatoms. The maximum Gasteiger partial charge on any atom is 0.0160 e. The molecule has 0 heterocycles. The van der Waals surface area contributed by atoms with Crippen molar-refractivity contribution >= 4 is 0 Å². The van der Waals surface area contributed by atoms with Crippen LogP contribution in [0.4, 0.5) is 0 Å². The highest BCUT2D eigenvalue weighted by Crippen LogP contribution is 2.15. The van der Waals surface area contributed by atoms with Gasteiger partial charge in [0.2, 0.25) is 0 Å². The van der Waals surface area contributed by atoms with E-state index in [-0.39, 0.29) is 0 Å². The van der Waals surface area contributed by atoms with Gasteiger partial charge in [-0.3, -0.25) is 4.90 Å². The summed E-state index contributed by atoms with van der Waals surface area (Å²) in [5.74, 6) is 0. The zero-order valence-electron chi connectivity index (χ0n) is 11.1. The molecule has 1 N–H and O–H groups in total. The summed E-state index contributed by atoms with van der Waals surface area (Å²) < 4.78 is 0. The fourth-order valence-corrected chi connectivity index (χ4v) is 1.63. The maximum atomic E-state index is 3.80. The monoisotopic (exact) mass is 212 g/mol. The quantitative estimate of drug-likeness (QED) is 0.622. The number of nitrogens with zero attached hydrogens (tertiary/aromatic N) is 1. The Balaban J connectivity index is 4.02. The van der Waals surface area contributed by atoms with E-state index in [1.165, 1.54) is 0 Å². The van der Waals surface area contributed by atoms with Gasteiger partial charge < -0.3 is 5.32 Å². The van der Waals surface area contributed by atoms with Gasteiger partial charge in [-0.25, -0.2) is 0 Å². The maximum absolute atomic E-state index is 3.80. The van der Waals surface area contributed by atoms with Crippen LogP contribution in [-0.4, -0.2) is 37.1 Å². The number of nitrogens with one attached hydrogen (secondary N) is 1. The van der Waals surface area contributed by atoms with Crippen molar-refractivity contribution in [3.63, 3.8) is 0 Å². The van der Waals surface area contributed by atoms with Gasteiger partial charge in [-0.05, 0) is 12.0 Å². The van der Waals surface area contributed by atoms with E-state index in [0.717, 1.165) is 26.2 Å². The van der Waals surface area contributed by atoms with Crippen molar-refractivity contribution in [1.29, 1.82) is 0 Å². The normalized spacial score (nSPS) is 12.5. The largest absolute Gasteiger partial charge is 0.314 e. The molecule has 90 valence electrons. The molecule has 0 aliphatic rings. The fourth-order valence-electron chi connectivity index (χ4n) is 1.63. The van der Waals surface area contributed by atoms with Crippen molar-refractivity contribution in [2.24, 2.45) is 5.41 Å². The Hall–Kier alpha value is -0.340. The van der Waals surface area contributed by atoms with Crippen LogP contribution in [0, 0.1) is 5.41 Å². The Labute approximate surface area is 95.7 Å². The highest BCUT2D eigenvalue weighted by atomic mass is 15.1. The molecule has 0 aliphatic heterocycles. The molecule has 0 radical (unpaired) electrons. The fraction of sp³-hybridized carbons (Fsp3) is 0.846. The van der Waals surface area contributed by atoms with Crippen LogP contribution in [-0.2, 0) is 0 Å². The van der Waals surface area contributed by atoms with Crippen molar-refractivity contribution in [2.75, 3.05) is 26.2 Å². The standard InChI is InChI=1S/C13H28N2/c1-7-9-15(8-2)11-13(5,6)10-14-12(3)4/h7,12,14H,1,8-11H2,2-6H3. The first kappa shape index (κ1) is 14.7. The number of likely N-dealkylation sites (N-methyl/N-ethyl adjacent to an activating group) is 1. The molecule has 0 bridgehead atoms. The molecule has 0 amide bonds. The van der Waals surface area contributed by atoms with Crippen LogP contribution in [0.1, 0.15) is 34.6 Å². The zero-order chi connectivity index (χ0) is 11.9. The molecule has 0 saturated heterocycles. The first-order valence-electron chi connectivity index (χ1n) is 5.98. The third kappa shape index (κ3) is 7.57. The number of hydrogen-bond donors (Lipinski definition) is 1. The molecule has 0 aromatic carbocycles. The van der Waals surface area contributed by atoms with Gasteiger partial charge in [0, 0.05) is 25.7 Å². The van der Waals surface area contributed by atoms with Gasteiger partial charge in [0.05, 0.1) is 0 Å². The molecule has 0 aromatic rings. The summed E-state index contributed by atoms with van der Waals surface area (Å²) >= 11 is 0. The van der Waals surface area contributed by atoms with Crippen LogP contribution in [0.25, 0.3) is 0 Å². The van der Waals surface area contributed by atoms with Crippen LogP contribution in [0.15, 0.2) is 12.7 Å². The second-order valence-corrected chi connectivity index (χ2v) is 5.32. The van der Waals surface area contributed by atoms with Crippen molar-refractivity contribution in [3.8, 4) is 0 Å². The second-order valence-electron chi connectivity index (χ2n) is 5.32. The number of hydrogen-bond acceptors (Lipinski definition) is 2. The van der Waals surface area contributed by atoms with Gasteiger partial charge in [0.15, 0.2) is 0 Å². The molecule has 0 aromatic heterocycles. The topological polar surface area (TPSA) is 15.3 Å². The van der Waals surface area contributed by atoms with Crippen molar-refractivity contribution in [1.82, 2.24) is 10.2 Å². The van der Waals surface area contributed by atoms with Gasteiger partial charge in [0.25, 0.3) is 0 Å². The summed E-state index contributed by atoms with van der Waals surface area (Å²) in [5.41, 5.74) is 0.323. The Morgan fingerprint density at radius 2 is 2.00 bits per heavy atom. The third-order valence-electron chi connectivity index (χ3n) is 2.48. The van der Waals surface area contributed by atoms with Crippen LogP contribution in [0.2, 0.25) is 0 Å². The molecule has 15 heavy (non-hydrogen) atoms. The lowest BCUT2D eigenvalue weighted by Crippen LogP contribution is -2.42. The zero-order valence-corrected chi connectivity index (χ0v) is 11.1.